The molecule has 0 spiro atoms. The van der Waals surface area contributed by atoms with E-state index in [2.05, 4.69) is 4.98 Å². The van der Waals surface area contributed by atoms with Crippen LogP contribution < -0.4 is 4.73 Å². The SMILES string of the molecule is C[C@@H]1CN(C(=O)c2ccccc2)CCN1C(=O)C(=O)c1c[nH]c2c1ccc[n+]2O. The normalized spacial score (nSPS) is 16.8. The number of piperazine rings is 1. The predicted molar refractivity (Wildman–Crippen MR) is 104 cm³/mol. The van der Waals surface area contributed by atoms with Gasteiger partial charge in [-0.2, -0.15) is 0 Å². The largest absolute Gasteiger partial charge is 0.350 e. The molecule has 1 saturated heterocycles. The molecule has 2 N–H and O–H groups in total. The number of nitrogens with zero attached hydrogens (tertiary/aromatic N) is 3. The van der Waals surface area contributed by atoms with E-state index in [1.165, 1.54) is 17.3 Å². The zero-order valence-electron chi connectivity index (χ0n) is 15.9. The summed E-state index contributed by atoms with van der Waals surface area (Å²) in [7, 11) is 0. The summed E-state index contributed by atoms with van der Waals surface area (Å²) in [6, 6.07) is 12.0. The number of aromatic nitrogens is 2. The zero-order valence-corrected chi connectivity index (χ0v) is 15.9. The predicted octanol–water partition coefficient (Wildman–Crippen LogP) is 1.25. The van der Waals surface area contributed by atoms with Crippen LogP contribution in [0.1, 0.15) is 27.6 Å². The van der Waals surface area contributed by atoms with E-state index in [-0.39, 0.29) is 24.1 Å². The summed E-state index contributed by atoms with van der Waals surface area (Å²) in [4.78, 5) is 44.4. The van der Waals surface area contributed by atoms with Gasteiger partial charge in [-0.1, -0.05) is 22.9 Å². The number of carbonyl (C=O) groups excluding carboxylic acids is 3. The standard InChI is InChI=1S/C21H20N4O4/c1-14-13-23(20(27)15-6-3-2-4-7-15)10-11-24(14)21(28)18(26)17-12-22-19-16(17)8-5-9-25(19)29/h2-9,12,14,29H,10-11,13H2,1H3/p+1/t14-/m1/s1. The number of fused-ring (bicyclic) bond motifs is 1. The zero-order chi connectivity index (χ0) is 20.5. The Hall–Kier alpha value is -3.68. The van der Waals surface area contributed by atoms with E-state index in [0.29, 0.717) is 29.7 Å². The molecule has 148 valence electrons. The molecule has 0 aliphatic carbocycles. The van der Waals surface area contributed by atoms with Crippen molar-refractivity contribution in [3.63, 3.8) is 0 Å². The van der Waals surface area contributed by atoms with E-state index in [1.54, 1.807) is 29.2 Å². The molecule has 0 saturated carbocycles. The number of H-pyrrole nitrogens is 1. The van der Waals surface area contributed by atoms with Crippen molar-refractivity contribution in [2.45, 2.75) is 13.0 Å². The first-order valence-corrected chi connectivity index (χ1v) is 9.38. The van der Waals surface area contributed by atoms with Gasteiger partial charge in [0, 0.05) is 31.2 Å². The molecule has 2 aromatic heterocycles. The highest BCUT2D eigenvalue weighted by molar-refractivity contribution is 6.44. The third kappa shape index (κ3) is 3.33. The van der Waals surface area contributed by atoms with Gasteiger partial charge in [-0.3, -0.25) is 14.4 Å². The van der Waals surface area contributed by atoms with Gasteiger partial charge in [-0.25, -0.2) is 4.98 Å². The summed E-state index contributed by atoms with van der Waals surface area (Å²) in [6.45, 7) is 2.83. The summed E-state index contributed by atoms with van der Waals surface area (Å²) in [5, 5.41) is 10.3. The molecule has 0 bridgehead atoms. The van der Waals surface area contributed by atoms with Crippen LogP contribution in [0.15, 0.2) is 54.9 Å². The van der Waals surface area contributed by atoms with Gasteiger partial charge in [-0.15, -0.1) is 0 Å². The second-order valence-corrected chi connectivity index (χ2v) is 7.11. The van der Waals surface area contributed by atoms with Crippen LogP contribution in [-0.2, 0) is 4.79 Å². The molecular formula is C21H21N4O4+. The van der Waals surface area contributed by atoms with Crippen LogP contribution in [0.25, 0.3) is 11.0 Å². The van der Waals surface area contributed by atoms with Crippen LogP contribution in [-0.4, -0.2) is 63.3 Å². The van der Waals surface area contributed by atoms with Gasteiger partial charge >= 0.3 is 5.65 Å². The highest BCUT2D eigenvalue weighted by Crippen LogP contribution is 2.19. The Balaban J connectivity index is 1.49. The number of ketones is 1. The number of nitrogens with one attached hydrogen (secondary N) is 1. The summed E-state index contributed by atoms with van der Waals surface area (Å²) in [5.41, 5.74) is 1.16. The molecule has 8 heteroatoms. The highest BCUT2D eigenvalue weighted by Gasteiger charge is 2.35. The molecule has 1 aliphatic rings. The van der Waals surface area contributed by atoms with Gasteiger partial charge in [0.15, 0.2) is 0 Å². The Morgan fingerprint density at radius 2 is 1.86 bits per heavy atom. The Bertz CT molecular complexity index is 1090. The van der Waals surface area contributed by atoms with E-state index in [1.807, 2.05) is 25.1 Å². The second-order valence-electron chi connectivity index (χ2n) is 7.11. The maximum Gasteiger partial charge on any atom is 0.326 e. The number of benzene rings is 1. The molecule has 3 heterocycles. The van der Waals surface area contributed by atoms with E-state index < -0.39 is 11.7 Å². The Morgan fingerprint density at radius 1 is 1.10 bits per heavy atom. The molecule has 29 heavy (non-hydrogen) atoms. The van der Waals surface area contributed by atoms with E-state index in [9.17, 15) is 19.6 Å². The first-order valence-electron chi connectivity index (χ1n) is 9.38. The number of amides is 2. The molecule has 1 aromatic carbocycles. The lowest BCUT2D eigenvalue weighted by Crippen LogP contribution is -2.56. The lowest BCUT2D eigenvalue weighted by atomic mass is 10.1. The number of aromatic amines is 1. The minimum Gasteiger partial charge on any atom is -0.350 e. The number of rotatable bonds is 3. The lowest BCUT2D eigenvalue weighted by Gasteiger charge is -2.39. The second kappa shape index (κ2) is 7.38. The molecule has 2 amide bonds. The van der Waals surface area contributed by atoms with Gasteiger partial charge in [0.2, 0.25) is 0 Å². The molecule has 0 unspecified atom stereocenters. The molecule has 3 aromatic rings. The van der Waals surface area contributed by atoms with Gasteiger partial charge in [0.25, 0.3) is 17.6 Å². The third-order valence-electron chi connectivity index (χ3n) is 5.25. The monoisotopic (exact) mass is 393 g/mol. The smallest absolute Gasteiger partial charge is 0.326 e. The molecular weight excluding hydrogens is 372 g/mol. The van der Waals surface area contributed by atoms with Crippen LogP contribution in [0.3, 0.4) is 0 Å². The average Bonchev–Trinajstić information content (AvgIpc) is 3.18. The van der Waals surface area contributed by atoms with Crippen LogP contribution in [0.5, 0.6) is 0 Å². The van der Waals surface area contributed by atoms with Gasteiger partial charge in [-0.05, 0) is 31.2 Å². The first kappa shape index (κ1) is 18.7. The molecule has 1 atom stereocenters. The lowest BCUT2D eigenvalue weighted by molar-refractivity contribution is -0.885. The van der Waals surface area contributed by atoms with Crippen molar-refractivity contribution in [3.8, 4) is 0 Å². The number of carbonyl (C=O) groups is 3. The summed E-state index contributed by atoms with van der Waals surface area (Å²) in [6.07, 6.45) is 2.86. The van der Waals surface area contributed by atoms with Crippen molar-refractivity contribution >= 4 is 28.6 Å². The Kier molecular flexibility index (Phi) is 4.75. The van der Waals surface area contributed by atoms with E-state index in [0.717, 1.165) is 4.73 Å². The summed E-state index contributed by atoms with van der Waals surface area (Å²) >= 11 is 0. The Labute approximate surface area is 166 Å². The van der Waals surface area contributed by atoms with Crippen LogP contribution in [0.2, 0.25) is 0 Å². The Morgan fingerprint density at radius 3 is 2.59 bits per heavy atom. The van der Waals surface area contributed by atoms with Crippen molar-refractivity contribution in [1.29, 1.82) is 0 Å². The first-order chi connectivity index (χ1) is 14.0. The van der Waals surface area contributed by atoms with Crippen molar-refractivity contribution < 1.29 is 24.3 Å². The fourth-order valence-electron chi connectivity index (χ4n) is 3.72. The van der Waals surface area contributed by atoms with Crippen LogP contribution >= 0.6 is 0 Å². The average molecular weight is 393 g/mol. The van der Waals surface area contributed by atoms with E-state index >= 15 is 0 Å². The molecule has 0 radical (unpaired) electrons. The molecule has 1 fully saturated rings. The van der Waals surface area contributed by atoms with Gasteiger partial charge in [0.1, 0.15) is 12.4 Å². The minimum absolute atomic E-state index is 0.0833. The van der Waals surface area contributed by atoms with Crippen molar-refractivity contribution in [2.24, 2.45) is 0 Å². The maximum absolute atomic E-state index is 12.9. The molecule has 1 aliphatic heterocycles. The fourth-order valence-corrected chi connectivity index (χ4v) is 3.72. The minimum atomic E-state index is -0.642. The maximum atomic E-state index is 12.9. The quantitative estimate of drug-likeness (QED) is 0.303. The topological polar surface area (TPSA) is 97.6 Å². The van der Waals surface area contributed by atoms with Crippen molar-refractivity contribution in [1.82, 2.24) is 14.8 Å². The molecule has 4 rings (SSSR count). The number of hydrogen-bond acceptors (Lipinski definition) is 4. The van der Waals surface area contributed by atoms with E-state index in [4.69, 9.17) is 0 Å². The summed E-state index contributed by atoms with van der Waals surface area (Å²) in [5.74, 6) is -1.34. The van der Waals surface area contributed by atoms with Gasteiger partial charge < -0.3 is 15.0 Å². The third-order valence-corrected chi connectivity index (χ3v) is 5.25. The number of pyridine rings is 1. The van der Waals surface area contributed by atoms with Gasteiger partial charge in [0.05, 0.1) is 10.9 Å². The number of hydrogen-bond donors (Lipinski definition) is 2. The fraction of sp³-hybridized carbons (Fsp3) is 0.238. The van der Waals surface area contributed by atoms with Crippen molar-refractivity contribution in [2.75, 3.05) is 19.6 Å². The highest BCUT2D eigenvalue weighted by atomic mass is 16.5. The van der Waals surface area contributed by atoms with Crippen LogP contribution in [0.4, 0.5) is 0 Å². The molecule has 8 nitrogen and oxygen atoms in total. The summed E-state index contributed by atoms with van der Waals surface area (Å²) < 4.78 is 0.868. The van der Waals surface area contributed by atoms with Crippen LogP contribution in [0, 0.1) is 0 Å². The number of Topliss-reactive ketones (excluding diaryl/α,β-unsaturated/α-hetero) is 1. The van der Waals surface area contributed by atoms with Crippen molar-refractivity contribution in [3.05, 3.63) is 66.0 Å².